The van der Waals surface area contributed by atoms with Gasteiger partial charge in [-0.2, -0.15) is 0 Å². The number of benzene rings is 1. The lowest BCUT2D eigenvalue weighted by atomic mass is 9.96. The lowest BCUT2D eigenvalue weighted by Crippen LogP contribution is -2.16. The van der Waals surface area contributed by atoms with Crippen LogP contribution in [0.15, 0.2) is 17.1 Å². The van der Waals surface area contributed by atoms with Gasteiger partial charge in [0.1, 0.15) is 5.56 Å². The maximum absolute atomic E-state index is 14.5. The second-order valence-corrected chi connectivity index (χ2v) is 4.97. The number of aromatic nitrogens is 1. The third kappa shape index (κ3) is 2.03. The summed E-state index contributed by atoms with van der Waals surface area (Å²) >= 11 is 0. The zero-order valence-corrected chi connectivity index (χ0v) is 11.3. The maximum atomic E-state index is 14.5. The van der Waals surface area contributed by atoms with Crippen molar-refractivity contribution in [3.63, 3.8) is 0 Å². The van der Waals surface area contributed by atoms with Crippen LogP contribution in [-0.4, -0.2) is 23.7 Å². The van der Waals surface area contributed by atoms with Gasteiger partial charge in [0, 0.05) is 29.3 Å². The smallest absolute Gasteiger partial charge is 0.253 e. The number of nitrogens with one attached hydrogen (secondary N) is 1. The van der Waals surface area contributed by atoms with Crippen LogP contribution >= 0.6 is 0 Å². The van der Waals surface area contributed by atoms with Crippen molar-refractivity contribution in [1.82, 2.24) is 4.98 Å². The number of primary amides is 1. The van der Waals surface area contributed by atoms with Gasteiger partial charge in [0.25, 0.3) is 5.91 Å². The SMILES string of the molecule is Cc1cc2c(C3=CCC=NC3)c(F)c(F)c(C(N)=O)c2[nH]1. The molecule has 1 amide bonds. The number of hydrogen-bond donors (Lipinski definition) is 2. The number of halogens is 2. The Labute approximate surface area is 119 Å². The van der Waals surface area contributed by atoms with E-state index in [-0.39, 0.29) is 17.6 Å². The molecule has 1 aromatic heterocycles. The largest absolute Gasteiger partial charge is 0.365 e. The molecule has 3 rings (SSSR count). The highest BCUT2D eigenvalue weighted by atomic mass is 19.2. The summed E-state index contributed by atoms with van der Waals surface area (Å²) in [6.07, 6.45) is 4.09. The number of nitrogens with two attached hydrogens (primary N) is 1. The Morgan fingerprint density at radius 2 is 2.14 bits per heavy atom. The quantitative estimate of drug-likeness (QED) is 0.876. The number of aromatic amines is 1. The molecule has 0 spiro atoms. The Bertz CT molecular complexity index is 818. The molecule has 0 unspecified atom stereocenters. The molecule has 0 aliphatic carbocycles. The van der Waals surface area contributed by atoms with Crippen molar-refractivity contribution in [2.24, 2.45) is 10.7 Å². The molecule has 0 atom stereocenters. The van der Waals surface area contributed by atoms with E-state index in [9.17, 15) is 13.6 Å². The fourth-order valence-corrected chi connectivity index (χ4v) is 2.65. The lowest BCUT2D eigenvalue weighted by Gasteiger charge is -2.13. The molecule has 0 saturated heterocycles. The topological polar surface area (TPSA) is 71.2 Å². The molecule has 0 radical (unpaired) electrons. The van der Waals surface area contributed by atoms with Crippen molar-refractivity contribution >= 4 is 28.6 Å². The number of fused-ring (bicyclic) bond motifs is 1. The lowest BCUT2D eigenvalue weighted by molar-refractivity contribution is 0.0997. The highest BCUT2D eigenvalue weighted by Crippen LogP contribution is 2.34. The van der Waals surface area contributed by atoms with Crippen molar-refractivity contribution in [2.75, 3.05) is 6.54 Å². The number of rotatable bonds is 2. The summed E-state index contributed by atoms with van der Waals surface area (Å²) in [5.74, 6) is -3.28. The standard InChI is InChI=1S/C15H13F2N3O/c1-7-5-9-10(8-3-2-4-19-6-8)12(16)13(17)11(15(18)21)14(9)20-7/h3-5,20H,2,6H2,1H3,(H2,18,21). The number of H-pyrrole nitrogens is 1. The number of allylic oxidation sites excluding steroid dienone is 1. The first kappa shape index (κ1) is 13.5. The molecule has 4 nitrogen and oxygen atoms in total. The molecule has 1 aromatic carbocycles. The fraction of sp³-hybridized carbons (Fsp3) is 0.200. The first-order valence-electron chi connectivity index (χ1n) is 6.48. The minimum absolute atomic E-state index is 0.147. The number of amides is 1. The summed E-state index contributed by atoms with van der Waals surface area (Å²) in [6, 6.07) is 1.68. The highest BCUT2D eigenvalue weighted by Gasteiger charge is 2.26. The van der Waals surface area contributed by atoms with Gasteiger partial charge in [0.05, 0.1) is 12.1 Å². The van der Waals surface area contributed by atoms with Gasteiger partial charge in [-0.3, -0.25) is 9.79 Å². The average molecular weight is 289 g/mol. The summed E-state index contributed by atoms with van der Waals surface area (Å²) in [7, 11) is 0. The van der Waals surface area contributed by atoms with E-state index in [0.29, 0.717) is 23.1 Å². The Morgan fingerprint density at radius 1 is 1.38 bits per heavy atom. The first-order valence-corrected chi connectivity index (χ1v) is 6.48. The number of hydrogen-bond acceptors (Lipinski definition) is 2. The van der Waals surface area contributed by atoms with Crippen LogP contribution in [0.4, 0.5) is 8.78 Å². The van der Waals surface area contributed by atoms with Gasteiger partial charge in [-0.25, -0.2) is 8.78 Å². The van der Waals surface area contributed by atoms with Gasteiger partial charge in [-0.1, -0.05) is 6.08 Å². The molecular formula is C15H13F2N3O. The molecule has 1 aliphatic rings. The molecule has 21 heavy (non-hydrogen) atoms. The molecule has 0 bridgehead atoms. The Morgan fingerprint density at radius 3 is 2.76 bits per heavy atom. The monoisotopic (exact) mass is 289 g/mol. The number of aliphatic imine (C=N–C) groups is 1. The zero-order chi connectivity index (χ0) is 15.1. The number of dihydropyridines is 1. The minimum Gasteiger partial charge on any atom is -0.365 e. The zero-order valence-electron chi connectivity index (χ0n) is 11.3. The average Bonchev–Trinajstić information content (AvgIpc) is 2.81. The van der Waals surface area contributed by atoms with E-state index in [1.807, 2.05) is 0 Å². The van der Waals surface area contributed by atoms with Crippen molar-refractivity contribution in [3.8, 4) is 0 Å². The molecule has 3 N–H and O–H groups in total. The van der Waals surface area contributed by atoms with Crippen molar-refractivity contribution in [1.29, 1.82) is 0 Å². The number of nitrogens with zero attached hydrogens (tertiary/aromatic N) is 1. The van der Waals surface area contributed by atoms with Gasteiger partial charge in [0.15, 0.2) is 11.6 Å². The Hall–Kier alpha value is -2.50. The summed E-state index contributed by atoms with van der Waals surface area (Å²) < 4.78 is 28.7. The van der Waals surface area contributed by atoms with Crippen molar-refractivity contribution in [2.45, 2.75) is 13.3 Å². The molecule has 2 aromatic rings. The molecular weight excluding hydrogens is 276 g/mol. The summed E-state index contributed by atoms with van der Waals surface area (Å²) in [4.78, 5) is 18.4. The summed E-state index contributed by atoms with van der Waals surface area (Å²) in [5, 5.41) is 0.448. The van der Waals surface area contributed by atoms with Gasteiger partial charge in [0.2, 0.25) is 0 Å². The van der Waals surface area contributed by atoms with Crippen LogP contribution < -0.4 is 5.73 Å². The molecule has 6 heteroatoms. The normalized spacial score (nSPS) is 14.5. The molecule has 108 valence electrons. The predicted octanol–water partition coefficient (Wildman–Crippen LogP) is 2.71. The Balaban J connectivity index is 2.40. The predicted molar refractivity (Wildman–Crippen MR) is 77.4 cm³/mol. The second kappa shape index (κ2) is 4.80. The number of aryl methyl sites for hydroxylation is 1. The Kier molecular flexibility index (Phi) is 3.08. The second-order valence-electron chi connectivity index (χ2n) is 4.97. The summed E-state index contributed by atoms with van der Waals surface area (Å²) in [5.41, 5.74) is 6.41. The van der Waals surface area contributed by atoms with Gasteiger partial charge in [-0.15, -0.1) is 0 Å². The van der Waals surface area contributed by atoms with E-state index in [1.54, 1.807) is 25.3 Å². The van der Waals surface area contributed by atoms with E-state index in [0.717, 1.165) is 0 Å². The van der Waals surface area contributed by atoms with Crippen molar-refractivity contribution < 1.29 is 13.6 Å². The van der Waals surface area contributed by atoms with Gasteiger partial charge in [-0.05, 0) is 18.6 Å². The van der Waals surface area contributed by atoms with Crippen LogP contribution in [0.3, 0.4) is 0 Å². The molecule has 2 heterocycles. The van der Waals surface area contributed by atoms with Crippen LogP contribution in [0.25, 0.3) is 16.5 Å². The van der Waals surface area contributed by atoms with Gasteiger partial charge >= 0.3 is 0 Å². The number of carbonyl (C=O) groups is 1. The molecule has 1 aliphatic heterocycles. The van der Waals surface area contributed by atoms with Crippen LogP contribution in [0.2, 0.25) is 0 Å². The minimum atomic E-state index is -1.22. The van der Waals surface area contributed by atoms with Crippen LogP contribution in [-0.2, 0) is 0 Å². The number of carbonyl (C=O) groups excluding carboxylic acids is 1. The first-order chi connectivity index (χ1) is 10.0. The summed E-state index contributed by atoms with van der Waals surface area (Å²) in [6.45, 7) is 2.03. The van der Waals surface area contributed by atoms with Crippen LogP contribution in [0, 0.1) is 18.6 Å². The van der Waals surface area contributed by atoms with Gasteiger partial charge < -0.3 is 10.7 Å². The van der Waals surface area contributed by atoms with E-state index < -0.39 is 23.1 Å². The maximum Gasteiger partial charge on any atom is 0.253 e. The van der Waals surface area contributed by atoms with Crippen LogP contribution in [0.5, 0.6) is 0 Å². The van der Waals surface area contributed by atoms with E-state index in [1.165, 1.54) is 0 Å². The third-order valence-corrected chi connectivity index (χ3v) is 3.53. The third-order valence-electron chi connectivity index (χ3n) is 3.53. The van der Waals surface area contributed by atoms with E-state index >= 15 is 0 Å². The van der Waals surface area contributed by atoms with Crippen molar-refractivity contribution in [3.05, 3.63) is 40.6 Å². The van der Waals surface area contributed by atoms with Crippen LogP contribution in [0.1, 0.15) is 28.0 Å². The molecule has 0 saturated carbocycles. The molecule has 0 fully saturated rings. The fourth-order valence-electron chi connectivity index (χ4n) is 2.65. The highest BCUT2D eigenvalue weighted by molar-refractivity contribution is 6.08. The van der Waals surface area contributed by atoms with E-state index in [2.05, 4.69) is 9.98 Å². The van der Waals surface area contributed by atoms with E-state index in [4.69, 9.17) is 5.73 Å².